The Morgan fingerprint density at radius 3 is 2.48 bits per heavy atom. The monoisotopic (exact) mass is 315 g/mol. The molecule has 2 aromatic carbocycles. The molecule has 0 saturated carbocycles. The summed E-state index contributed by atoms with van der Waals surface area (Å²) in [7, 11) is 0. The molecule has 0 unspecified atom stereocenters. The van der Waals surface area contributed by atoms with Crippen LogP contribution in [0.4, 0.5) is 5.69 Å². The summed E-state index contributed by atoms with van der Waals surface area (Å²) in [5.74, 6) is -0.197. The summed E-state index contributed by atoms with van der Waals surface area (Å²) in [5, 5.41) is 11.2. The predicted octanol–water partition coefficient (Wildman–Crippen LogP) is 3.84. The summed E-state index contributed by atoms with van der Waals surface area (Å²) in [6.45, 7) is 4.13. The molecule has 0 aliphatic carbocycles. The van der Waals surface area contributed by atoms with Gasteiger partial charge in [0.25, 0.3) is 0 Å². The molecular weight excluding hydrogens is 298 g/mol. The minimum absolute atomic E-state index is 0.106. The van der Waals surface area contributed by atoms with Crippen LogP contribution in [0.2, 0.25) is 0 Å². The number of carbonyl (C=O) groups excluding carboxylic acids is 1. The summed E-state index contributed by atoms with van der Waals surface area (Å²) in [6.07, 6.45) is 0. The van der Waals surface area contributed by atoms with Crippen molar-refractivity contribution in [2.45, 2.75) is 13.8 Å². The lowest BCUT2D eigenvalue weighted by atomic mass is 10.0. The van der Waals surface area contributed by atoms with E-state index >= 15 is 0 Å². The van der Waals surface area contributed by atoms with Crippen molar-refractivity contribution < 1.29 is 19.2 Å². The molecule has 2 rings (SSSR count). The third-order valence-electron chi connectivity index (χ3n) is 3.16. The molecule has 0 N–H and O–H groups in total. The number of carbonyl (C=O) groups is 1. The van der Waals surface area contributed by atoms with Crippen LogP contribution in [0.25, 0.3) is 11.1 Å². The van der Waals surface area contributed by atoms with Crippen LogP contribution in [0, 0.1) is 10.1 Å². The van der Waals surface area contributed by atoms with Crippen molar-refractivity contribution in [1.82, 2.24) is 0 Å². The first-order valence-electron chi connectivity index (χ1n) is 7.25. The molecule has 2 aromatic rings. The molecule has 0 aromatic heterocycles. The van der Waals surface area contributed by atoms with Crippen molar-refractivity contribution in [3.8, 4) is 16.9 Å². The Hall–Kier alpha value is -2.89. The minimum atomic E-state index is -0.482. The number of hydrogen-bond acceptors (Lipinski definition) is 5. The van der Waals surface area contributed by atoms with Crippen molar-refractivity contribution in [2.75, 3.05) is 13.2 Å². The molecule has 0 atom stereocenters. The molecule has 6 nitrogen and oxygen atoms in total. The highest BCUT2D eigenvalue weighted by Gasteiger charge is 2.17. The first-order chi connectivity index (χ1) is 11.1. The van der Waals surface area contributed by atoms with E-state index in [4.69, 9.17) is 9.47 Å². The lowest BCUT2D eigenvalue weighted by molar-refractivity contribution is -0.385. The Bertz CT molecular complexity index is 727. The fourth-order valence-electron chi connectivity index (χ4n) is 2.16. The van der Waals surface area contributed by atoms with Gasteiger partial charge in [0.2, 0.25) is 0 Å². The Kier molecular flexibility index (Phi) is 5.30. The summed E-state index contributed by atoms with van der Waals surface area (Å²) in [5.41, 5.74) is 1.62. The predicted molar refractivity (Wildman–Crippen MR) is 85.7 cm³/mol. The standard InChI is InChI=1S/C17H17NO5/c1-3-22-16-9-8-13(11-15(16)18(20)21)12-6-5-7-14(10-12)17(19)23-4-2/h5-11H,3-4H2,1-2H3. The van der Waals surface area contributed by atoms with Gasteiger partial charge in [0.1, 0.15) is 0 Å². The van der Waals surface area contributed by atoms with E-state index in [1.807, 2.05) is 0 Å². The summed E-state index contributed by atoms with van der Waals surface area (Å²) in [4.78, 5) is 22.5. The highest BCUT2D eigenvalue weighted by Crippen LogP contribution is 2.32. The van der Waals surface area contributed by atoms with Crippen LogP contribution < -0.4 is 4.74 Å². The quantitative estimate of drug-likeness (QED) is 0.460. The summed E-state index contributed by atoms with van der Waals surface area (Å²) in [6, 6.07) is 11.5. The molecule has 0 heterocycles. The number of nitro benzene ring substituents is 1. The smallest absolute Gasteiger partial charge is 0.338 e. The zero-order chi connectivity index (χ0) is 16.8. The topological polar surface area (TPSA) is 78.7 Å². The largest absolute Gasteiger partial charge is 0.487 e. The van der Waals surface area contributed by atoms with Crippen molar-refractivity contribution in [3.63, 3.8) is 0 Å². The van der Waals surface area contributed by atoms with Gasteiger partial charge in [0.15, 0.2) is 5.75 Å². The van der Waals surface area contributed by atoms with Gasteiger partial charge in [0, 0.05) is 6.07 Å². The van der Waals surface area contributed by atoms with Crippen LogP contribution in [0.15, 0.2) is 42.5 Å². The lowest BCUT2D eigenvalue weighted by Crippen LogP contribution is -2.04. The summed E-state index contributed by atoms with van der Waals surface area (Å²) >= 11 is 0. The number of nitro groups is 1. The molecule has 6 heteroatoms. The average molecular weight is 315 g/mol. The fraction of sp³-hybridized carbons (Fsp3) is 0.235. The first kappa shape index (κ1) is 16.5. The second kappa shape index (κ2) is 7.40. The molecule has 120 valence electrons. The number of nitrogens with zero attached hydrogens (tertiary/aromatic N) is 1. The molecule has 0 aliphatic heterocycles. The highest BCUT2D eigenvalue weighted by molar-refractivity contribution is 5.91. The number of rotatable bonds is 6. The molecule has 0 amide bonds. The molecule has 0 radical (unpaired) electrons. The van der Waals surface area contributed by atoms with Crippen LogP contribution in [0.3, 0.4) is 0 Å². The second-order valence-corrected chi connectivity index (χ2v) is 4.67. The highest BCUT2D eigenvalue weighted by atomic mass is 16.6. The SMILES string of the molecule is CCOC(=O)c1cccc(-c2ccc(OCC)c([N+](=O)[O-])c2)c1. The number of hydrogen-bond donors (Lipinski definition) is 0. The normalized spacial score (nSPS) is 10.2. The van der Waals surface area contributed by atoms with Crippen molar-refractivity contribution in [3.05, 3.63) is 58.1 Å². The molecule has 0 bridgehead atoms. The Labute approximate surface area is 133 Å². The second-order valence-electron chi connectivity index (χ2n) is 4.67. The van der Waals surface area contributed by atoms with E-state index in [1.165, 1.54) is 6.07 Å². The maximum atomic E-state index is 11.8. The van der Waals surface area contributed by atoms with Crippen LogP contribution in [-0.2, 0) is 4.74 Å². The van der Waals surface area contributed by atoms with Gasteiger partial charge < -0.3 is 9.47 Å². The van der Waals surface area contributed by atoms with Gasteiger partial charge in [-0.25, -0.2) is 4.79 Å². The van der Waals surface area contributed by atoms with E-state index in [0.29, 0.717) is 23.3 Å². The van der Waals surface area contributed by atoms with E-state index < -0.39 is 10.9 Å². The van der Waals surface area contributed by atoms with Gasteiger partial charge >= 0.3 is 11.7 Å². The number of benzene rings is 2. The van der Waals surface area contributed by atoms with Gasteiger partial charge in [-0.1, -0.05) is 18.2 Å². The lowest BCUT2D eigenvalue weighted by Gasteiger charge is -2.08. The Morgan fingerprint density at radius 2 is 1.83 bits per heavy atom. The van der Waals surface area contributed by atoms with E-state index in [9.17, 15) is 14.9 Å². The van der Waals surface area contributed by atoms with Gasteiger partial charge in [-0.2, -0.15) is 0 Å². The van der Waals surface area contributed by atoms with E-state index in [2.05, 4.69) is 0 Å². The molecule has 23 heavy (non-hydrogen) atoms. The van der Waals surface area contributed by atoms with Gasteiger partial charge in [-0.3, -0.25) is 10.1 Å². The molecular formula is C17H17NO5. The Balaban J connectivity index is 2.42. The van der Waals surface area contributed by atoms with Crippen LogP contribution >= 0.6 is 0 Å². The zero-order valence-corrected chi connectivity index (χ0v) is 12.9. The van der Waals surface area contributed by atoms with Crippen LogP contribution in [0.1, 0.15) is 24.2 Å². The van der Waals surface area contributed by atoms with Gasteiger partial charge in [-0.05, 0) is 43.2 Å². The molecule has 0 fully saturated rings. The summed E-state index contributed by atoms with van der Waals surface area (Å²) < 4.78 is 10.2. The number of ether oxygens (including phenoxy) is 2. The Morgan fingerprint density at radius 1 is 1.09 bits per heavy atom. The van der Waals surface area contributed by atoms with Crippen molar-refractivity contribution in [2.24, 2.45) is 0 Å². The average Bonchev–Trinajstić information content (AvgIpc) is 2.55. The molecule has 0 saturated heterocycles. The van der Waals surface area contributed by atoms with Crippen LogP contribution in [0.5, 0.6) is 5.75 Å². The minimum Gasteiger partial charge on any atom is -0.487 e. The van der Waals surface area contributed by atoms with Gasteiger partial charge in [-0.15, -0.1) is 0 Å². The van der Waals surface area contributed by atoms with Gasteiger partial charge in [0.05, 0.1) is 23.7 Å². The van der Waals surface area contributed by atoms with E-state index in [-0.39, 0.29) is 18.0 Å². The first-order valence-corrected chi connectivity index (χ1v) is 7.25. The van der Waals surface area contributed by atoms with Crippen molar-refractivity contribution >= 4 is 11.7 Å². The number of esters is 1. The fourth-order valence-corrected chi connectivity index (χ4v) is 2.16. The molecule has 0 aliphatic rings. The zero-order valence-electron chi connectivity index (χ0n) is 12.9. The van der Waals surface area contributed by atoms with Crippen molar-refractivity contribution in [1.29, 1.82) is 0 Å². The van der Waals surface area contributed by atoms with E-state index in [1.54, 1.807) is 50.2 Å². The van der Waals surface area contributed by atoms with E-state index in [0.717, 1.165) is 0 Å². The maximum absolute atomic E-state index is 11.8. The third-order valence-corrected chi connectivity index (χ3v) is 3.16. The maximum Gasteiger partial charge on any atom is 0.338 e. The molecule has 0 spiro atoms. The third kappa shape index (κ3) is 3.85. The van der Waals surface area contributed by atoms with Crippen LogP contribution in [-0.4, -0.2) is 24.1 Å².